The summed E-state index contributed by atoms with van der Waals surface area (Å²) in [6.07, 6.45) is 3.65. The molecule has 0 bridgehead atoms. The fourth-order valence-electron chi connectivity index (χ4n) is 3.27. The summed E-state index contributed by atoms with van der Waals surface area (Å²) in [6, 6.07) is 8.86. The molecule has 1 fully saturated rings. The summed E-state index contributed by atoms with van der Waals surface area (Å²) >= 11 is 1.62. The van der Waals surface area contributed by atoms with Gasteiger partial charge < -0.3 is 10.2 Å². The Balaban J connectivity index is 1.66. The first-order valence-electron chi connectivity index (χ1n) is 8.69. The zero-order chi connectivity index (χ0) is 16.9. The number of hydrogen-bond acceptors (Lipinski definition) is 4. The Morgan fingerprint density at radius 3 is 2.88 bits per heavy atom. The van der Waals surface area contributed by atoms with Crippen LogP contribution >= 0.6 is 11.3 Å². The average molecular weight is 343 g/mol. The highest BCUT2D eigenvalue weighted by atomic mass is 32.1. The number of thiazole rings is 1. The number of amides is 1. The van der Waals surface area contributed by atoms with Gasteiger partial charge in [-0.1, -0.05) is 31.2 Å². The molecular weight excluding hydrogens is 318 g/mol. The number of likely N-dealkylation sites (N-methyl/N-ethyl adjacent to an activating group) is 1. The first kappa shape index (κ1) is 17.1. The molecule has 1 atom stereocenters. The molecule has 4 nitrogen and oxygen atoms in total. The van der Waals surface area contributed by atoms with Crippen molar-refractivity contribution in [3.05, 3.63) is 40.9 Å². The van der Waals surface area contributed by atoms with E-state index in [4.69, 9.17) is 0 Å². The SMILES string of the molecule is CCc1ccc(-c2nc(CC(=O)N3CCCC3CNC)cs2)cc1. The van der Waals surface area contributed by atoms with E-state index in [0.717, 1.165) is 48.6 Å². The van der Waals surface area contributed by atoms with Gasteiger partial charge in [-0.05, 0) is 31.9 Å². The number of benzene rings is 1. The zero-order valence-electron chi connectivity index (χ0n) is 14.4. The van der Waals surface area contributed by atoms with Gasteiger partial charge in [0, 0.05) is 30.1 Å². The average Bonchev–Trinajstić information content (AvgIpc) is 3.25. The molecule has 0 aliphatic carbocycles. The van der Waals surface area contributed by atoms with Crippen molar-refractivity contribution in [3.63, 3.8) is 0 Å². The summed E-state index contributed by atoms with van der Waals surface area (Å²) in [5.41, 5.74) is 3.34. The lowest BCUT2D eigenvalue weighted by Crippen LogP contribution is -2.41. The number of nitrogens with one attached hydrogen (secondary N) is 1. The van der Waals surface area contributed by atoms with Gasteiger partial charge in [0.1, 0.15) is 5.01 Å². The van der Waals surface area contributed by atoms with Crippen LogP contribution in [0.4, 0.5) is 0 Å². The second-order valence-electron chi connectivity index (χ2n) is 6.31. The monoisotopic (exact) mass is 343 g/mol. The molecule has 1 aromatic heterocycles. The molecule has 0 spiro atoms. The van der Waals surface area contributed by atoms with Crippen LogP contribution in [0.1, 0.15) is 31.0 Å². The molecule has 128 valence electrons. The van der Waals surface area contributed by atoms with Gasteiger partial charge in [0.2, 0.25) is 5.91 Å². The van der Waals surface area contributed by atoms with Crippen LogP contribution in [-0.4, -0.2) is 42.0 Å². The highest BCUT2D eigenvalue weighted by molar-refractivity contribution is 7.13. The van der Waals surface area contributed by atoms with Crippen LogP contribution < -0.4 is 5.32 Å². The topological polar surface area (TPSA) is 45.2 Å². The summed E-state index contributed by atoms with van der Waals surface area (Å²) in [5, 5.41) is 6.20. The number of carbonyl (C=O) groups is 1. The zero-order valence-corrected chi connectivity index (χ0v) is 15.2. The van der Waals surface area contributed by atoms with E-state index >= 15 is 0 Å². The molecule has 1 N–H and O–H groups in total. The Morgan fingerprint density at radius 1 is 1.38 bits per heavy atom. The van der Waals surface area contributed by atoms with Gasteiger partial charge in [-0.15, -0.1) is 11.3 Å². The van der Waals surface area contributed by atoms with E-state index in [0.29, 0.717) is 12.5 Å². The minimum atomic E-state index is 0.200. The van der Waals surface area contributed by atoms with Gasteiger partial charge in [-0.3, -0.25) is 4.79 Å². The van der Waals surface area contributed by atoms with Gasteiger partial charge in [0.15, 0.2) is 0 Å². The standard InChI is InChI=1S/C19H25N3OS/c1-3-14-6-8-15(9-7-14)19-21-16(13-24-19)11-18(23)22-10-4-5-17(22)12-20-2/h6-9,13,17,20H,3-5,10-12H2,1-2H3. The molecule has 24 heavy (non-hydrogen) atoms. The summed E-state index contributed by atoms with van der Waals surface area (Å²) in [4.78, 5) is 19.3. The van der Waals surface area contributed by atoms with Gasteiger partial charge in [-0.25, -0.2) is 4.98 Å². The van der Waals surface area contributed by atoms with Gasteiger partial charge in [0.25, 0.3) is 0 Å². The molecule has 1 aliphatic heterocycles. The number of carbonyl (C=O) groups excluding carboxylic acids is 1. The third-order valence-corrected chi connectivity index (χ3v) is 5.57. The predicted molar refractivity (Wildman–Crippen MR) is 99.3 cm³/mol. The number of likely N-dealkylation sites (tertiary alicyclic amines) is 1. The maximum Gasteiger partial charge on any atom is 0.228 e. The van der Waals surface area contributed by atoms with Crippen molar-refractivity contribution >= 4 is 17.2 Å². The third-order valence-electron chi connectivity index (χ3n) is 4.63. The molecule has 2 aromatic rings. The van der Waals surface area contributed by atoms with Crippen LogP contribution in [0.15, 0.2) is 29.6 Å². The quantitative estimate of drug-likeness (QED) is 0.876. The first-order chi connectivity index (χ1) is 11.7. The molecule has 1 saturated heterocycles. The van der Waals surface area contributed by atoms with Crippen molar-refractivity contribution in [2.75, 3.05) is 20.1 Å². The van der Waals surface area contributed by atoms with E-state index in [-0.39, 0.29) is 5.91 Å². The number of rotatable bonds is 6. The van der Waals surface area contributed by atoms with Crippen molar-refractivity contribution in [1.29, 1.82) is 0 Å². The Bertz CT molecular complexity index is 680. The maximum absolute atomic E-state index is 12.6. The van der Waals surface area contributed by atoms with Crippen LogP contribution in [0.5, 0.6) is 0 Å². The first-order valence-corrected chi connectivity index (χ1v) is 9.57. The fraction of sp³-hybridized carbons (Fsp3) is 0.474. The Hall–Kier alpha value is -1.72. The van der Waals surface area contributed by atoms with E-state index in [9.17, 15) is 4.79 Å². The minimum absolute atomic E-state index is 0.200. The molecule has 3 rings (SSSR count). The number of aromatic nitrogens is 1. The predicted octanol–water partition coefficient (Wildman–Crippen LogP) is 3.13. The molecule has 1 unspecified atom stereocenters. The molecule has 0 radical (unpaired) electrons. The highest BCUT2D eigenvalue weighted by Crippen LogP contribution is 2.25. The van der Waals surface area contributed by atoms with Crippen molar-refractivity contribution in [1.82, 2.24) is 15.2 Å². The third kappa shape index (κ3) is 3.84. The van der Waals surface area contributed by atoms with E-state index in [1.165, 1.54) is 5.56 Å². The van der Waals surface area contributed by atoms with Crippen molar-refractivity contribution < 1.29 is 4.79 Å². The molecule has 1 aliphatic rings. The van der Waals surface area contributed by atoms with Crippen molar-refractivity contribution in [2.45, 2.75) is 38.6 Å². The molecule has 5 heteroatoms. The summed E-state index contributed by atoms with van der Waals surface area (Å²) in [5.74, 6) is 0.200. The lowest BCUT2D eigenvalue weighted by atomic mass is 10.1. The second-order valence-corrected chi connectivity index (χ2v) is 7.17. The van der Waals surface area contributed by atoms with Crippen LogP contribution in [0.2, 0.25) is 0 Å². The number of hydrogen-bond donors (Lipinski definition) is 1. The number of nitrogens with zero attached hydrogens (tertiary/aromatic N) is 2. The minimum Gasteiger partial charge on any atom is -0.338 e. The van der Waals surface area contributed by atoms with Crippen LogP contribution in [-0.2, 0) is 17.6 Å². The van der Waals surface area contributed by atoms with Gasteiger partial charge in [-0.2, -0.15) is 0 Å². The highest BCUT2D eigenvalue weighted by Gasteiger charge is 2.28. The van der Waals surface area contributed by atoms with E-state index < -0.39 is 0 Å². The van der Waals surface area contributed by atoms with Crippen LogP contribution in [0.3, 0.4) is 0 Å². The summed E-state index contributed by atoms with van der Waals surface area (Å²) in [6.45, 7) is 3.90. The lowest BCUT2D eigenvalue weighted by Gasteiger charge is -2.24. The number of aryl methyl sites for hydroxylation is 1. The second kappa shape index (κ2) is 7.90. The largest absolute Gasteiger partial charge is 0.338 e. The van der Waals surface area contributed by atoms with Gasteiger partial charge in [0.05, 0.1) is 12.1 Å². The normalized spacial score (nSPS) is 17.4. The Labute approximate surface area is 147 Å². The molecule has 0 saturated carbocycles. The van der Waals surface area contributed by atoms with Crippen molar-refractivity contribution in [2.24, 2.45) is 0 Å². The fourth-order valence-corrected chi connectivity index (χ4v) is 4.10. The maximum atomic E-state index is 12.6. The molecule has 1 amide bonds. The molecular formula is C19H25N3OS. The smallest absolute Gasteiger partial charge is 0.228 e. The van der Waals surface area contributed by atoms with E-state index in [1.807, 2.05) is 17.3 Å². The Morgan fingerprint density at radius 2 is 2.17 bits per heavy atom. The van der Waals surface area contributed by atoms with Crippen molar-refractivity contribution in [3.8, 4) is 10.6 Å². The van der Waals surface area contributed by atoms with E-state index in [2.05, 4.69) is 41.5 Å². The lowest BCUT2D eigenvalue weighted by molar-refractivity contribution is -0.131. The molecule has 2 heterocycles. The van der Waals surface area contributed by atoms with Crippen LogP contribution in [0, 0.1) is 0 Å². The van der Waals surface area contributed by atoms with E-state index in [1.54, 1.807) is 11.3 Å². The van der Waals surface area contributed by atoms with Crippen LogP contribution in [0.25, 0.3) is 10.6 Å². The van der Waals surface area contributed by atoms with Gasteiger partial charge >= 0.3 is 0 Å². The Kier molecular flexibility index (Phi) is 5.63. The molecule has 1 aromatic carbocycles. The summed E-state index contributed by atoms with van der Waals surface area (Å²) in [7, 11) is 1.94. The summed E-state index contributed by atoms with van der Waals surface area (Å²) < 4.78 is 0.